The summed E-state index contributed by atoms with van der Waals surface area (Å²) < 4.78 is 0. The van der Waals surface area contributed by atoms with Gasteiger partial charge in [0.25, 0.3) is 0 Å². The van der Waals surface area contributed by atoms with Crippen LogP contribution in [0.5, 0.6) is 0 Å². The smallest absolute Gasteiger partial charge is 0.208 e. The first-order valence-electron chi connectivity index (χ1n) is 5.12. The molecule has 2 unspecified atom stereocenters. The first-order valence-corrected chi connectivity index (χ1v) is 5.12. The van der Waals surface area contributed by atoms with Gasteiger partial charge in [-0.3, -0.25) is 10.4 Å². The van der Waals surface area contributed by atoms with Gasteiger partial charge in [0.2, 0.25) is 5.96 Å². The maximum absolute atomic E-state index is 5.45. The second-order valence-corrected chi connectivity index (χ2v) is 3.93. The normalized spacial score (nSPS) is 32.8. The van der Waals surface area contributed by atoms with Crippen LogP contribution in [0, 0.1) is 5.92 Å². The van der Waals surface area contributed by atoms with E-state index >= 15 is 0 Å². The number of rotatable bonds is 1. The van der Waals surface area contributed by atoms with Crippen LogP contribution in [0.15, 0.2) is 4.99 Å². The molecule has 2 fully saturated rings. The molecule has 74 valence electrons. The number of nitrogens with two attached hydrogens (primary N) is 1. The summed E-state index contributed by atoms with van der Waals surface area (Å²) in [5.41, 5.74) is 2.71. The minimum atomic E-state index is 0.700. The number of hydrazine groups is 1. The van der Waals surface area contributed by atoms with Crippen molar-refractivity contribution in [3.05, 3.63) is 0 Å². The third-order valence-corrected chi connectivity index (χ3v) is 3.12. The molecule has 3 N–H and O–H groups in total. The van der Waals surface area contributed by atoms with Crippen LogP contribution < -0.4 is 11.3 Å². The average Bonchev–Trinajstić information content (AvgIpc) is 2.74. The van der Waals surface area contributed by atoms with Crippen molar-refractivity contribution >= 4 is 5.96 Å². The van der Waals surface area contributed by atoms with Crippen LogP contribution in [0.2, 0.25) is 0 Å². The lowest BCUT2D eigenvalue weighted by atomic mass is 10.1. The SMILES string of the molecule is CCN=C(NN)N1CC2CCC1C2. The van der Waals surface area contributed by atoms with Gasteiger partial charge in [0.15, 0.2) is 0 Å². The van der Waals surface area contributed by atoms with Gasteiger partial charge in [-0.1, -0.05) is 0 Å². The van der Waals surface area contributed by atoms with Gasteiger partial charge in [-0.05, 0) is 32.1 Å². The lowest BCUT2D eigenvalue weighted by Crippen LogP contribution is -2.48. The molecule has 4 nitrogen and oxygen atoms in total. The summed E-state index contributed by atoms with van der Waals surface area (Å²) in [5, 5.41) is 0. The fourth-order valence-corrected chi connectivity index (χ4v) is 2.55. The Bertz CT molecular complexity index is 214. The number of hydrogen-bond acceptors (Lipinski definition) is 2. The number of aliphatic imine (C=N–C) groups is 1. The molecule has 13 heavy (non-hydrogen) atoms. The fraction of sp³-hybridized carbons (Fsp3) is 0.889. The standard InChI is InChI=1S/C9H18N4/c1-2-11-9(12-10)13-6-7-3-4-8(13)5-7/h7-8H,2-6,10H2,1H3,(H,11,12). The molecule has 1 saturated heterocycles. The Morgan fingerprint density at radius 1 is 1.62 bits per heavy atom. The summed E-state index contributed by atoms with van der Waals surface area (Å²) in [5.74, 6) is 7.22. The Morgan fingerprint density at radius 2 is 2.46 bits per heavy atom. The molecule has 2 rings (SSSR count). The van der Waals surface area contributed by atoms with Crippen LogP contribution in [-0.2, 0) is 0 Å². The van der Waals surface area contributed by atoms with E-state index in [1.54, 1.807) is 0 Å². The van der Waals surface area contributed by atoms with E-state index in [-0.39, 0.29) is 0 Å². The Morgan fingerprint density at radius 3 is 2.92 bits per heavy atom. The zero-order chi connectivity index (χ0) is 9.26. The molecule has 1 aliphatic carbocycles. The molecule has 4 heteroatoms. The predicted molar refractivity (Wildman–Crippen MR) is 53.1 cm³/mol. The maximum atomic E-state index is 5.45. The van der Waals surface area contributed by atoms with Gasteiger partial charge in [0.1, 0.15) is 0 Å². The number of fused-ring (bicyclic) bond motifs is 2. The summed E-state index contributed by atoms with van der Waals surface area (Å²) >= 11 is 0. The van der Waals surface area contributed by atoms with E-state index in [0.717, 1.165) is 25.0 Å². The first kappa shape index (κ1) is 8.81. The van der Waals surface area contributed by atoms with E-state index in [0.29, 0.717) is 6.04 Å². The topological polar surface area (TPSA) is 53.6 Å². The van der Waals surface area contributed by atoms with Crippen molar-refractivity contribution < 1.29 is 0 Å². The first-order chi connectivity index (χ1) is 6.35. The minimum Gasteiger partial charge on any atom is -0.339 e. The molecule has 1 saturated carbocycles. The molecule has 0 aromatic heterocycles. The van der Waals surface area contributed by atoms with E-state index in [9.17, 15) is 0 Å². The monoisotopic (exact) mass is 182 g/mol. The van der Waals surface area contributed by atoms with Crippen molar-refractivity contribution in [3.8, 4) is 0 Å². The Kier molecular flexibility index (Phi) is 2.40. The van der Waals surface area contributed by atoms with Crippen LogP contribution in [0.4, 0.5) is 0 Å². The molecular weight excluding hydrogens is 164 g/mol. The van der Waals surface area contributed by atoms with Crippen molar-refractivity contribution in [3.63, 3.8) is 0 Å². The van der Waals surface area contributed by atoms with Gasteiger partial charge in [0, 0.05) is 19.1 Å². The van der Waals surface area contributed by atoms with Gasteiger partial charge < -0.3 is 4.90 Å². The average molecular weight is 182 g/mol. The van der Waals surface area contributed by atoms with Gasteiger partial charge in [0.05, 0.1) is 0 Å². The van der Waals surface area contributed by atoms with E-state index in [2.05, 4.69) is 15.3 Å². The van der Waals surface area contributed by atoms with E-state index < -0.39 is 0 Å². The minimum absolute atomic E-state index is 0.700. The summed E-state index contributed by atoms with van der Waals surface area (Å²) in [6, 6.07) is 0.700. The predicted octanol–water partition coefficient (Wildman–Crippen LogP) is 0.310. The Labute approximate surface area is 79.2 Å². The Balaban J connectivity index is 2.04. The highest BCUT2D eigenvalue weighted by Gasteiger charge is 2.39. The number of nitrogens with zero attached hydrogens (tertiary/aromatic N) is 2. The largest absolute Gasteiger partial charge is 0.339 e. The number of hydrogen-bond donors (Lipinski definition) is 2. The third-order valence-electron chi connectivity index (χ3n) is 3.12. The molecule has 0 amide bonds. The quantitative estimate of drug-likeness (QED) is 0.265. The Hall–Kier alpha value is -0.770. The van der Waals surface area contributed by atoms with Crippen molar-refractivity contribution in [1.29, 1.82) is 0 Å². The zero-order valence-electron chi connectivity index (χ0n) is 8.16. The van der Waals surface area contributed by atoms with Gasteiger partial charge in [-0.15, -0.1) is 0 Å². The van der Waals surface area contributed by atoms with Crippen LogP contribution in [0.3, 0.4) is 0 Å². The van der Waals surface area contributed by atoms with Gasteiger partial charge in [-0.2, -0.15) is 0 Å². The highest BCUT2D eigenvalue weighted by molar-refractivity contribution is 5.80. The molecular formula is C9H18N4. The second kappa shape index (κ2) is 3.54. The van der Waals surface area contributed by atoms with Crippen molar-refractivity contribution in [2.24, 2.45) is 16.8 Å². The van der Waals surface area contributed by atoms with Gasteiger partial charge in [-0.25, -0.2) is 5.84 Å². The van der Waals surface area contributed by atoms with Crippen LogP contribution in [-0.4, -0.2) is 30.0 Å². The maximum Gasteiger partial charge on any atom is 0.208 e. The number of guanidine groups is 1. The lowest BCUT2D eigenvalue weighted by Gasteiger charge is -2.29. The van der Waals surface area contributed by atoms with Crippen molar-refractivity contribution in [2.75, 3.05) is 13.1 Å². The third kappa shape index (κ3) is 1.50. The van der Waals surface area contributed by atoms with Crippen LogP contribution in [0.1, 0.15) is 26.2 Å². The number of likely N-dealkylation sites (tertiary alicyclic amines) is 1. The van der Waals surface area contributed by atoms with Crippen LogP contribution >= 0.6 is 0 Å². The second-order valence-electron chi connectivity index (χ2n) is 3.93. The summed E-state index contributed by atoms with van der Waals surface area (Å²) in [7, 11) is 0. The van der Waals surface area contributed by atoms with E-state index in [1.807, 2.05) is 6.92 Å². The van der Waals surface area contributed by atoms with Crippen molar-refractivity contribution in [1.82, 2.24) is 10.3 Å². The molecule has 0 radical (unpaired) electrons. The fourth-order valence-electron chi connectivity index (χ4n) is 2.55. The highest BCUT2D eigenvalue weighted by atomic mass is 15.4. The molecule has 0 aromatic carbocycles. The highest BCUT2D eigenvalue weighted by Crippen LogP contribution is 2.37. The molecule has 2 atom stereocenters. The molecule has 0 aromatic rings. The number of nitrogens with one attached hydrogen (secondary N) is 1. The number of piperidine rings is 1. The lowest BCUT2D eigenvalue weighted by molar-refractivity contribution is 0.317. The van der Waals surface area contributed by atoms with E-state index in [1.165, 1.54) is 19.3 Å². The molecule has 1 heterocycles. The molecule has 1 aliphatic heterocycles. The summed E-state index contributed by atoms with van der Waals surface area (Å²) in [6.45, 7) is 3.98. The van der Waals surface area contributed by atoms with Crippen molar-refractivity contribution in [2.45, 2.75) is 32.2 Å². The zero-order valence-corrected chi connectivity index (χ0v) is 8.16. The van der Waals surface area contributed by atoms with Crippen LogP contribution in [0.25, 0.3) is 0 Å². The molecule has 2 bridgehead atoms. The summed E-state index contributed by atoms with van der Waals surface area (Å²) in [6.07, 6.45) is 4.05. The van der Waals surface area contributed by atoms with Gasteiger partial charge >= 0.3 is 0 Å². The summed E-state index contributed by atoms with van der Waals surface area (Å²) in [4.78, 5) is 6.68. The molecule has 0 spiro atoms. The van der Waals surface area contributed by atoms with E-state index in [4.69, 9.17) is 5.84 Å². The molecule has 2 aliphatic rings.